The van der Waals surface area contributed by atoms with Crippen molar-refractivity contribution >= 4 is 28.2 Å². The smallest absolute Gasteiger partial charge is 0.341 e. The number of nitrogens with one attached hydrogen (secondary N) is 1. The molecule has 0 saturated heterocycles. The minimum atomic E-state index is -0.389. The molecule has 0 aliphatic rings. The van der Waals surface area contributed by atoms with Crippen LogP contribution in [0.25, 0.3) is 0 Å². The molecule has 25 heavy (non-hydrogen) atoms. The molecule has 0 bridgehead atoms. The maximum atomic E-state index is 12.8. The minimum Gasteiger partial charge on any atom is -0.459 e. The van der Waals surface area contributed by atoms with Crippen LogP contribution in [0.15, 0.2) is 30.3 Å². The molecule has 1 N–H and O–H groups in total. The zero-order valence-corrected chi connectivity index (χ0v) is 16.2. The predicted molar refractivity (Wildman–Crippen MR) is 102 cm³/mol. The average Bonchev–Trinajstić information content (AvgIpc) is 2.82. The summed E-state index contributed by atoms with van der Waals surface area (Å²) in [7, 11) is 0. The summed E-state index contributed by atoms with van der Waals surface area (Å²) in [4.78, 5) is 26.2. The zero-order chi connectivity index (χ0) is 18.6. The van der Waals surface area contributed by atoms with E-state index < -0.39 is 0 Å². The lowest BCUT2D eigenvalue weighted by Gasteiger charge is -2.16. The summed E-state index contributed by atoms with van der Waals surface area (Å²) in [6.45, 7) is 9.43. The van der Waals surface area contributed by atoms with Crippen molar-refractivity contribution in [1.82, 2.24) is 0 Å². The molecule has 0 aliphatic carbocycles. The van der Waals surface area contributed by atoms with E-state index >= 15 is 0 Å². The monoisotopic (exact) mass is 359 g/mol. The van der Waals surface area contributed by atoms with Crippen LogP contribution in [0.3, 0.4) is 0 Å². The van der Waals surface area contributed by atoms with Gasteiger partial charge in [-0.1, -0.05) is 37.3 Å². The zero-order valence-electron chi connectivity index (χ0n) is 15.4. The van der Waals surface area contributed by atoms with Gasteiger partial charge in [0.25, 0.3) is 0 Å². The second-order valence-corrected chi connectivity index (χ2v) is 7.53. The Labute approximate surface area is 153 Å². The van der Waals surface area contributed by atoms with Gasteiger partial charge in [-0.05, 0) is 45.2 Å². The van der Waals surface area contributed by atoms with Crippen LogP contribution in [0.4, 0.5) is 5.00 Å². The molecule has 2 rings (SSSR count). The molecule has 2 aromatic rings. The van der Waals surface area contributed by atoms with Crippen molar-refractivity contribution in [3.63, 3.8) is 0 Å². The number of rotatable bonds is 6. The number of hydrogen-bond donors (Lipinski definition) is 1. The van der Waals surface area contributed by atoms with Crippen LogP contribution >= 0.6 is 11.3 Å². The van der Waals surface area contributed by atoms with Crippen LogP contribution in [0.5, 0.6) is 0 Å². The molecule has 5 heteroatoms. The minimum absolute atomic E-state index is 0.103. The van der Waals surface area contributed by atoms with Gasteiger partial charge in [-0.25, -0.2) is 4.79 Å². The highest BCUT2D eigenvalue weighted by atomic mass is 32.1. The van der Waals surface area contributed by atoms with E-state index in [1.165, 1.54) is 11.3 Å². The molecule has 1 heterocycles. The molecule has 0 aliphatic heterocycles. The fourth-order valence-corrected chi connectivity index (χ4v) is 3.74. The Hall–Kier alpha value is -2.14. The Balaban J connectivity index is 2.29. The number of thiophene rings is 1. The maximum Gasteiger partial charge on any atom is 0.341 e. The van der Waals surface area contributed by atoms with Gasteiger partial charge in [-0.3, -0.25) is 4.79 Å². The Morgan fingerprint density at radius 1 is 1.16 bits per heavy atom. The molecule has 0 radical (unpaired) electrons. The molecular weight excluding hydrogens is 334 g/mol. The van der Waals surface area contributed by atoms with E-state index in [0.717, 1.165) is 16.0 Å². The molecule has 1 unspecified atom stereocenters. The second kappa shape index (κ2) is 8.30. The number of esters is 1. The number of benzene rings is 1. The van der Waals surface area contributed by atoms with Gasteiger partial charge in [-0.15, -0.1) is 11.3 Å². The molecule has 1 atom stereocenters. The third-order valence-electron chi connectivity index (χ3n) is 4.10. The van der Waals surface area contributed by atoms with E-state index in [1.807, 2.05) is 65.0 Å². The fourth-order valence-electron chi connectivity index (χ4n) is 2.69. The predicted octanol–water partition coefficient (Wildman–Crippen LogP) is 5.06. The topological polar surface area (TPSA) is 55.4 Å². The van der Waals surface area contributed by atoms with Crippen LogP contribution in [-0.2, 0) is 9.53 Å². The molecule has 1 aromatic carbocycles. The third-order valence-corrected chi connectivity index (χ3v) is 5.22. The van der Waals surface area contributed by atoms with Crippen molar-refractivity contribution in [2.75, 3.05) is 5.32 Å². The first-order chi connectivity index (χ1) is 11.8. The lowest BCUT2D eigenvalue weighted by molar-refractivity contribution is -0.117. The molecule has 0 spiro atoms. The number of ether oxygens (including phenoxy) is 1. The van der Waals surface area contributed by atoms with E-state index in [0.29, 0.717) is 17.0 Å². The third kappa shape index (κ3) is 4.48. The van der Waals surface area contributed by atoms with Gasteiger partial charge >= 0.3 is 5.97 Å². The van der Waals surface area contributed by atoms with Crippen LogP contribution in [0.2, 0.25) is 0 Å². The number of carbonyl (C=O) groups is 2. The summed E-state index contributed by atoms with van der Waals surface area (Å²) in [6.07, 6.45) is 0.480. The van der Waals surface area contributed by atoms with Gasteiger partial charge in [0.15, 0.2) is 0 Å². The molecule has 4 nitrogen and oxygen atoms in total. The molecule has 0 saturated carbocycles. The van der Waals surface area contributed by atoms with Gasteiger partial charge in [0, 0.05) is 4.88 Å². The number of amides is 1. The number of carbonyl (C=O) groups excluding carboxylic acids is 2. The van der Waals surface area contributed by atoms with Gasteiger partial charge in [0.2, 0.25) is 5.91 Å². The number of anilines is 1. The van der Waals surface area contributed by atoms with E-state index in [2.05, 4.69) is 5.32 Å². The van der Waals surface area contributed by atoms with Crippen molar-refractivity contribution < 1.29 is 14.3 Å². The molecule has 1 amide bonds. The average molecular weight is 359 g/mol. The van der Waals surface area contributed by atoms with E-state index in [1.54, 1.807) is 0 Å². The summed E-state index contributed by atoms with van der Waals surface area (Å²) < 4.78 is 5.34. The van der Waals surface area contributed by atoms with Crippen molar-refractivity contribution in [1.29, 1.82) is 0 Å². The highest BCUT2D eigenvalue weighted by molar-refractivity contribution is 7.16. The van der Waals surface area contributed by atoms with Crippen LogP contribution in [-0.4, -0.2) is 18.0 Å². The number of hydrogen-bond acceptors (Lipinski definition) is 4. The highest BCUT2D eigenvalue weighted by Crippen LogP contribution is 2.34. The quantitative estimate of drug-likeness (QED) is 0.733. The van der Waals surface area contributed by atoms with Gasteiger partial charge in [0.1, 0.15) is 5.00 Å². The summed E-state index contributed by atoms with van der Waals surface area (Å²) in [5.74, 6) is -0.744. The van der Waals surface area contributed by atoms with Gasteiger partial charge in [0.05, 0.1) is 17.6 Å². The lowest BCUT2D eigenvalue weighted by Crippen LogP contribution is -2.22. The Kier molecular flexibility index (Phi) is 6.37. The van der Waals surface area contributed by atoms with Crippen molar-refractivity contribution in [3.05, 3.63) is 51.9 Å². The first kappa shape index (κ1) is 19.2. The first-order valence-corrected chi connectivity index (χ1v) is 9.33. The largest absolute Gasteiger partial charge is 0.459 e. The maximum absolute atomic E-state index is 12.8. The lowest BCUT2D eigenvalue weighted by atomic mass is 9.95. The van der Waals surface area contributed by atoms with Gasteiger partial charge in [-0.2, -0.15) is 0 Å². The van der Waals surface area contributed by atoms with Crippen molar-refractivity contribution in [2.45, 2.75) is 53.1 Å². The summed E-state index contributed by atoms with van der Waals surface area (Å²) in [5.41, 5.74) is 2.30. The summed E-state index contributed by atoms with van der Waals surface area (Å²) in [5, 5.41) is 3.52. The Bertz CT molecular complexity index is 750. The SMILES string of the molecule is CCC(C(=O)Nc1sc(C)c(C)c1C(=O)OC(C)C)c1ccccc1. The Morgan fingerprint density at radius 2 is 1.80 bits per heavy atom. The normalized spacial score (nSPS) is 12.1. The Morgan fingerprint density at radius 3 is 2.36 bits per heavy atom. The fraction of sp³-hybridized carbons (Fsp3) is 0.400. The van der Waals surface area contributed by atoms with E-state index in [9.17, 15) is 9.59 Å². The van der Waals surface area contributed by atoms with Crippen LogP contribution in [0.1, 0.15) is 59.5 Å². The second-order valence-electron chi connectivity index (χ2n) is 6.30. The van der Waals surface area contributed by atoms with Crippen LogP contribution in [0, 0.1) is 13.8 Å². The molecular formula is C20H25NO3S. The summed E-state index contributed by atoms with van der Waals surface area (Å²) >= 11 is 1.42. The first-order valence-electron chi connectivity index (χ1n) is 8.51. The van der Waals surface area contributed by atoms with E-state index in [4.69, 9.17) is 4.74 Å². The van der Waals surface area contributed by atoms with E-state index in [-0.39, 0.29) is 23.9 Å². The van der Waals surface area contributed by atoms with Crippen molar-refractivity contribution in [2.24, 2.45) is 0 Å². The van der Waals surface area contributed by atoms with Crippen LogP contribution < -0.4 is 5.32 Å². The molecule has 134 valence electrons. The molecule has 1 aromatic heterocycles. The van der Waals surface area contributed by atoms with Gasteiger partial charge < -0.3 is 10.1 Å². The molecule has 0 fully saturated rings. The van der Waals surface area contributed by atoms with Crippen molar-refractivity contribution in [3.8, 4) is 0 Å². The number of aryl methyl sites for hydroxylation is 1. The summed E-state index contributed by atoms with van der Waals surface area (Å²) in [6, 6.07) is 9.69. The standard InChI is InChI=1S/C20H25NO3S/c1-6-16(15-10-8-7-9-11-15)18(22)21-19-17(13(4)14(5)25-19)20(23)24-12(2)3/h7-12,16H,6H2,1-5H3,(H,21,22). The highest BCUT2D eigenvalue weighted by Gasteiger charge is 2.25.